The molecule has 0 saturated heterocycles. The molecule has 0 atom stereocenters. The maximum absolute atomic E-state index is 4.63. The molecular weight excluding hydrogens is 356 g/mol. The van der Waals surface area contributed by atoms with Crippen LogP contribution in [0.5, 0.6) is 0 Å². The van der Waals surface area contributed by atoms with Gasteiger partial charge in [-0.05, 0) is 36.8 Å². The Labute approximate surface area is 122 Å². The standard InChI is InChI=1S/C14H10Br2N2/c1-8-10(3-2-4-11(8)16)14-17-12-6-5-9(15)7-13(12)18-14/h2-7H,1H3,(H,17,18). The third-order valence-corrected chi connectivity index (χ3v) is 4.32. The zero-order chi connectivity index (χ0) is 12.7. The Bertz CT molecular complexity index is 732. The zero-order valence-electron chi connectivity index (χ0n) is 9.67. The van der Waals surface area contributed by atoms with Crippen LogP contribution in [0.1, 0.15) is 5.56 Å². The van der Waals surface area contributed by atoms with E-state index in [1.165, 1.54) is 5.56 Å². The van der Waals surface area contributed by atoms with Gasteiger partial charge in [0.05, 0.1) is 11.0 Å². The first-order chi connectivity index (χ1) is 8.65. The van der Waals surface area contributed by atoms with Crippen LogP contribution in [0.15, 0.2) is 45.3 Å². The Hall–Kier alpha value is -1.13. The highest BCUT2D eigenvalue weighted by atomic mass is 79.9. The predicted octanol–water partition coefficient (Wildman–Crippen LogP) is 5.06. The van der Waals surface area contributed by atoms with Crippen molar-refractivity contribution in [1.82, 2.24) is 9.97 Å². The van der Waals surface area contributed by atoms with E-state index >= 15 is 0 Å². The summed E-state index contributed by atoms with van der Waals surface area (Å²) >= 11 is 7.02. The van der Waals surface area contributed by atoms with Crippen molar-refractivity contribution < 1.29 is 0 Å². The van der Waals surface area contributed by atoms with Gasteiger partial charge in [-0.3, -0.25) is 0 Å². The molecule has 0 radical (unpaired) electrons. The highest BCUT2D eigenvalue weighted by Crippen LogP contribution is 2.28. The van der Waals surface area contributed by atoms with Gasteiger partial charge in [-0.25, -0.2) is 4.98 Å². The number of rotatable bonds is 1. The van der Waals surface area contributed by atoms with Crippen LogP contribution in [0.25, 0.3) is 22.4 Å². The molecular formula is C14H10Br2N2. The summed E-state index contributed by atoms with van der Waals surface area (Å²) in [5.74, 6) is 0.905. The smallest absolute Gasteiger partial charge is 0.138 e. The second-order valence-electron chi connectivity index (χ2n) is 4.16. The Morgan fingerprint density at radius 1 is 1.11 bits per heavy atom. The minimum absolute atomic E-state index is 0.905. The van der Waals surface area contributed by atoms with Crippen molar-refractivity contribution in [2.45, 2.75) is 6.92 Å². The summed E-state index contributed by atoms with van der Waals surface area (Å²) in [6.45, 7) is 2.09. The summed E-state index contributed by atoms with van der Waals surface area (Å²) < 4.78 is 2.15. The van der Waals surface area contributed by atoms with E-state index in [0.717, 1.165) is 31.4 Å². The highest BCUT2D eigenvalue weighted by molar-refractivity contribution is 9.10. The van der Waals surface area contributed by atoms with E-state index < -0.39 is 0 Å². The van der Waals surface area contributed by atoms with Gasteiger partial charge < -0.3 is 4.98 Å². The van der Waals surface area contributed by atoms with Gasteiger partial charge in [0.1, 0.15) is 5.82 Å². The molecule has 1 N–H and O–H groups in total. The number of halogens is 2. The van der Waals surface area contributed by atoms with E-state index in [9.17, 15) is 0 Å². The topological polar surface area (TPSA) is 28.7 Å². The lowest BCUT2D eigenvalue weighted by Crippen LogP contribution is -1.86. The van der Waals surface area contributed by atoms with Crippen molar-refractivity contribution in [3.8, 4) is 11.4 Å². The van der Waals surface area contributed by atoms with E-state index in [1.807, 2.05) is 30.3 Å². The highest BCUT2D eigenvalue weighted by Gasteiger charge is 2.09. The number of fused-ring (bicyclic) bond motifs is 1. The molecule has 90 valence electrons. The van der Waals surface area contributed by atoms with Gasteiger partial charge in [0.15, 0.2) is 0 Å². The fourth-order valence-corrected chi connectivity index (χ4v) is 2.70. The number of hydrogen-bond donors (Lipinski definition) is 1. The molecule has 4 heteroatoms. The minimum Gasteiger partial charge on any atom is -0.338 e. The number of imidazole rings is 1. The molecule has 3 rings (SSSR count). The van der Waals surface area contributed by atoms with Crippen LogP contribution in [0.2, 0.25) is 0 Å². The van der Waals surface area contributed by atoms with Crippen LogP contribution in [0.3, 0.4) is 0 Å². The van der Waals surface area contributed by atoms with Gasteiger partial charge in [-0.2, -0.15) is 0 Å². The number of nitrogens with one attached hydrogen (secondary N) is 1. The molecule has 0 saturated carbocycles. The molecule has 2 nitrogen and oxygen atoms in total. The summed E-state index contributed by atoms with van der Waals surface area (Å²) in [5.41, 5.74) is 4.33. The van der Waals surface area contributed by atoms with Crippen molar-refractivity contribution in [2.75, 3.05) is 0 Å². The van der Waals surface area contributed by atoms with Gasteiger partial charge in [-0.1, -0.05) is 44.0 Å². The summed E-state index contributed by atoms with van der Waals surface area (Å²) in [7, 11) is 0. The zero-order valence-corrected chi connectivity index (χ0v) is 12.8. The third kappa shape index (κ3) is 1.99. The lowest BCUT2D eigenvalue weighted by Gasteiger charge is -2.03. The van der Waals surface area contributed by atoms with E-state index in [1.54, 1.807) is 0 Å². The average Bonchev–Trinajstić information content (AvgIpc) is 2.75. The summed E-state index contributed by atoms with van der Waals surface area (Å²) in [6.07, 6.45) is 0. The van der Waals surface area contributed by atoms with Gasteiger partial charge in [-0.15, -0.1) is 0 Å². The second-order valence-corrected chi connectivity index (χ2v) is 5.93. The maximum atomic E-state index is 4.63. The molecule has 18 heavy (non-hydrogen) atoms. The van der Waals surface area contributed by atoms with E-state index in [4.69, 9.17) is 0 Å². The molecule has 1 aromatic heterocycles. The molecule has 1 heterocycles. The van der Waals surface area contributed by atoms with Crippen molar-refractivity contribution >= 4 is 42.9 Å². The number of aromatic amines is 1. The van der Waals surface area contributed by atoms with Crippen LogP contribution >= 0.6 is 31.9 Å². The SMILES string of the molecule is Cc1c(Br)cccc1-c1nc2ccc(Br)cc2[nH]1. The van der Waals surface area contributed by atoms with Crippen LogP contribution in [0.4, 0.5) is 0 Å². The van der Waals surface area contributed by atoms with E-state index in [-0.39, 0.29) is 0 Å². The first-order valence-corrected chi connectivity index (χ1v) is 7.14. The molecule has 0 aliphatic carbocycles. The first-order valence-electron chi connectivity index (χ1n) is 5.56. The Balaban J connectivity index is 2.22. The second kappa shape index (κ2) is 4.52. The molecule has 0 aliphatic rings. The van der Waals surface area contributed by atoms with Gasteiger partial charge in [0.2, 0.25) is 0 Å². The molecule has 0 unspecified atom stereocenters. The summed E-state index contributed by atoms with van der Waals surface area (Å²) in [5, 5.41) is 0. The largest absolute Gasteiger partial charge is 0.338 e. The Morgan fingerprint density at radius 2 is 1.94 bits per heavy atom. The summed E-state index contributed by atoms with van der Waals surface area (Å²) in [6, 6.07) is 12.2. The minimum atomic E-state index is 0.905. The normalized spacial score (nSPS) is 11.1. The van der Waals surface area contributed by atoms with Crippen LogP contribution in [-0.2, 0) is 0 Å². The average molecular weight is 366 g/mol. The number of hydrogen-bond acceptors (Lipinski definition) is 1. The molecule has 0 spiro atoms. The third-order valence-electron chi connectivity index (χ3n) is 2.97. The van der Waals surface area contributed by atoms with E-state index in [2.05, 4.69) is 54.8 Å². The van der Waals surface area contributed by atoms with Gasteiger partial charge >= 0.3 is 0 Å². The molecule has 0 aliphatic heterocycles. The quantitative estimate of drug-likeness (QED) is 0.641. The van der Waals surface area contributed by atoms with Gasteiger partial charge in [0.25, 0.3) is 0 Å². The fourth-order valence-electron chi connectivity index (χ4n) is 1.97. The maximum Gasteiger partial charge on any atom is 0.138 e. The monoisotopic (exact) mass is 364 g/mol. The van der Waals surface area contributed by atoms with Crippen molar-refractivity contribution in [3.63, 3.8) is 0 Å². The van der Waals surface area contributed by atoms with Gasteiger partial charge in [0, 0.05) is 14.5 Å². The van der Waals surface area contributed by atoms with Crippen LogP contribution in [0, 0.1) is 6.92 Å². The van der Waals surface area contributed by atoms with Crippen molar-refractivity contribution in [2.24, 2.45) is 0 Å². The van der Waals surface area contributed by atoms with Crippen molar-refractivity contribution in [3.05, 3.63) is 50.9 Å². The molecule has 0 amide bonds. The van der Waals surface area contributed by atoms with E-state index in [0.29, 0.717) is 0 Å². The molecule has 3 aromatic rings. The van der Waals surface area contributed by atoms with Crippen LogP contribution in [-0.4, -0.2) is 9.97 Å². The van der Waals surface area contributed by atoms with Crippen molar-refractivity contribution in [1.29, 1.82) is 0 Å². The molecule has 0 bridgehead atoms. The number of benzene rings is 2. The predicted molar refractivity (Wildman–Crippen MR) is 81.7 cm³/mol. The lowest BCUT2D eigenvalue weighted by atomic mass is 10.1. The Kier molecular flexibility index (Phi) is 2.99. The molecule has 0 fully saturated rings. The van der Waals surface area contributed by atoms with Crippen LogP contribution < -0.4 is 0 Å². The summed E-state index contributed by atoms with van der Waals surface area (Å²) in [4.78, 5) is 7.99. The number of aromatic nitrogens is 2. The first kappa shape index (κ1) is 11.9. The number of nitrogens with zero attached hydrogens (tertiary/aromatic N) is 1. The Morgan fingerprint density at radius 3 is 2.78 bits per heavy atom. The number of H-pyrrole nitrogens is 1. The lowest BCUT2D eigenvalue weighted by molar-refractivity contribution is 1.30. The fraction of sp³-hybridized carbons (Fsp3) is 0.0714. The molecule has 2 aromatic carbocycles.